The van der Waals surface area contributed by atoms with E-state index in [0.29, 0.717) is 33.3 Å². The Morgan fingerprint density at radius 3 is 2.26 bits per heavy atom. The Hall–Kier alpha value is -5.41. The molecule has 10 heteroatoms. The van der Waals surface area contributed by atoms with Crippen LogP contribution in [0.15, 0.2) is 109 Å². The fourth-order valence-corrected chi connectivity index (χ4v) is 9.03. The number of hydrazine groups is 1. The van der Waals surface area contributed by atoms with Gasteiger partial charge in [-0.15, -0.1) is 0 Å². The predicted molar refractivity (Wildman–Crippen MR) is 187 cm³/mol. The van der Waals surface area contributed by atoms with Gasteiger partial charge in [0.2, 0.25) is 11.8 Å². The van der Waals surface area contributed by atoms with E-state index in [-0.39, 0.29) is 30.4 Å². The molecule has 4 amide bonds. The summed E-state index contributed by atoms with van der Waals surface area (Å²) in [4.78, 5) is 59.7. The summed E-state index contributed by atoms with van der Waals surface area (Å²) < 4.78 is 5.84. The second kappa shape index (κ2) is 11.9. The molecule has 1 saturated carbocycles. The van der Waals surface area contributed by atoms with Crippen molar-refractivity contribution >= 4 is 46.6 Å². The molecule has 4 aromatic rings. The number of aromatic hydroxyl groups is 1. The molecule has 2 N–H and O–H groups in total. The van der Waals surface area contributed by atoms with Gasteiger partial charge in [-0.05, 0) is 79.8 Å². The lowest BCUT2D eigenvalue weighted by Gasteiger charge is -2.50. The van der Waals surface area contributed by atoms with E-state index in [1.54, 1.807) is 48.5 Å². The van der Waals surface area contributed by atoms with Crippen LogP contribution in [0.1, 0.15) is 35.4 Å². The van der Waals surface area contributed by atoms with Crippen molar-refractivity contribution in [1.29, 1.82) is 0 Å². The average molecular weight is 688 g/mol. The number of halogens is 1. The number of phenolic OH excluding ortho intramolecular Hbond substituents is 1. The van der Waals surface area contributed by atoms with Crippen LogP contribution in [0.25, 0.3) is 0 Å². The zero-order chi connectivity index (χ0) is 34.9. The van der Waals surface area contributed by atoms with E-state index in [0.717, 1.165) is 16.1 Å². The number of fused-ring (bicyclic) bond motifs is 4. The predicted octanol–water partition coefficient (Wildman–Crippen LogP) is 6.55. The van der Waals surface area contributed by atoms with E-state index in [2.05, 4.69) is 5.43 Å². The van der Waals surface area contributed by atoms with E-state index in [9.17, 15) is 19.5 Å². The molecule has 0 unspecified atom stereocenters. The number of nitrogens with zero attached hydrogens (tertiary/aromatic N) is 2. The number of rotatable bonds is 6. The number of aryl methyl sites for hydroxylation is 1. The Morgan fingerprint density at radius 2 is 1.56 bits per heavy atom. The minimum atomic E-state index is -1.53. The summed E-state index contributed by atoms with van der Waals surface area (Å²) in [7, 11) is 1.49. The summed E-state index contributed by atoms with van der Waals surface area (Å²) in [6.07, 6.45) is 2.34. The highest BCUT2D eigenvalue weighted by atomic mass is 35.5. The van der Waals surface area contributed by atoms with Crippen molar-refractivity contribution in [3.8, 4) is 11.5 Å². The van der Waals surface area contributed by atoms with Crippen molar-refractivity contribution in [2.75, 3.05) is 17.4 Å². The third-order valence-corrected chi connectivity index (χ3v) is 11.3. The van der Waals surface area contributed by atoms with Crippen LogP contribution in [0, 0.1) is 30.6 Å². The first-order valence-electron chi connectivity index (χ1n) is 16.6. The van der Waals surface area contributed by atoms with Gasteiger partial charge in [0.05, 0.1) is 41.7 Å². The molecule has 4 aliphatic rings. The van der Waals surface area contributed by atoms with Crippen LogP contribution < -0.4 is 15.1 Å². The smallest absolute Gasteiger partial charge is 0.260 e. The number of nitrogens with one attached hydrogen (secondary N) is 1. The molecule has 9 nitrogen and oxygen atoms in total. The van der Waals surface area contributed by atoms with Crippen molar-refractivity contribution in [2.45, 2.75) is 31.1 Å². The van der Waals surface area contributed by atoms with Gasteiger partial charge >= 0.3 is 0 Å². The van der Waals surface area contributed by atoms with Crippen molar-refractivity contribution in [2.24, 2.45) is 23.7 Å². The van der Waals surface area contributed by atoms with Crippen LogP contribution in [-0.4, -0.2) is 40.9 Å². The van der Waals surface area contributed by atoms with Crippen molar-refractivity contribution < 1.29 is 29.0 Å². The second-order valence-corrected chi connectivity index (χ2v) is 13.9. The SMILES string of the molecule is COc1cccc(O)c1[C@H]1C2=CC[C@@H]3C(=O)N(c4ccc(Cl)cc4)C(=O)[C@@H]3[C@@H]2C[C@H]2C(=O)N(Nc3ccc(C)cc3)C(=O)[C@@]12c1ccccc1. The number of anilines is 2. The van der Waals surface area contributed by atoms with Crippen LogP contribution in [0.5, 0.6) is 11.5 Å². The first-order chi connectivity index (χ1) is 24.2. The number of methoxy groups -OCH3 is 1. The Labute approximate surface area is 294 Å². The lowest BCUT2D eigenvalue weighted by molar-refractivity contribution is -0.138. The Bertz CT molecular complexity index is 2080. The van der Waals surface area contributed by atoms with Crippen LogP contribution in [0.3, 0.4) is 0 Å². The minimum absolute atomic E-state index is 0.103. The Morgan fingerprint density at radius 1 is 0.840 bits per heavy atom. The molecule has 8 rings (SSSR count). The molecular formula is C40H34ClN3O6. The van der Waals surface area contributed by atoms with Gasteiger partial charge in [0, 0.05) is 16.5 Å². The molecule has 6 atom stereocenters. The first kappa shape index (κ1) is 31.8. The maximum absolute atomic E-state index is 15.3. The molecule has 50 heavy (non-hydrogen) atoms. The quantitative estimate of drug-likeness (QED) is 0.174. The molecule has 252 valence electrons. The fraction of sp³-hybridized carbons (Fsp3) is 0.250. The Kier molecular flexibility index (Phi) is 7.56. The molecule has 2 heterocycles. The number of hydrogen-bond donors (Lipinski definition) is 2. The molecule has 0 aromatic heterocycles. The number of amides is 4. The number of carbonyl (C=O) groups excluding carboxylic acids is 4. The molecule has 0 spiro atoms. The topological polar surface area (TPSA) is 116 Å². The van der Waals surface area contributed by atoms with E-state index >= 15 is 4.79 Å². The Balaban J connectivity index is 1.34. The maximum Gasteiger partial charge on any atom is 0.260 e. The zero-order valence-corrected chi connectivity index (χ0v) is 28.1. The number of carbonyl (C=O) groups is 4. The molecule has 2 aliphatic heterocycles. The van der Waals surface area contributed by atoms with Crippen LogP contribution in [0.4, 0.5) is 11.4 Å². The zero-order valence-electron chi connectivity index (χ0n) is 27.4. The summed E-state index contributed by atoms with van der Waals surface area (Å²) in [6.45, 7) is 1.95. The number of imide groups is 2. The second-order valence-electron chi connectivity index (χ2n) is 13.5. The summed E-state index contributed by atoms with van der Waals surface area (Å²) in [5.74, 6) is -5.27. The van der Waals surface area contributed by atoms with Crippen molar-refractivity contribution in [3.05, 3.63) is 130 Å². The van der Waals surface area contributed by atoms with E-state index in [1.165, 1.54) is 18.1 Å². The van der Waals surface area contributed by atoms with E-state index in [1.807, 2.05) is 55.5 Å². The summed E-state index contributed by atoms with van der Waals surface area (Å²) in [5.41, 5.74) is 5.24. The standard InChI is InChI=1S/C40H34ClN3O6/c1-22-11-15-25(16-12-22)42-44-37(47)30-21-29-27(19-20-28-33(29)38(48)43(36(28)46)26-17-13-24(41)14-18-26)35(34-31(45)9-6-10-32(34)50-2)40(30,39(44)49)23-7-4-3-5-8-23/h3-19,28-30,33,35,42,45H,20-21H2,1-2H3/t28-,29+,30-,33-,35+,40+/m0/s1. The van der Waals surface area contributed by atoms with Crippen LogP contribution >= 0.6 is 11.6 Å². The highest BCUT2D eigenvalue weighted by Gasteiger charge is 2.71. The molecule has 0 bridgehead atoms. The summed E-state index contributed by atoms with van der Waals surface area (Å²) >= 11 is 6.13. The van der Waals surface area contributed by atoms with E-state index in [4.69, 9.17) is 16.3 Å². The van der Waals surface area contributed by atoms with Gasteiger partial charge < -0.3 is 9.84 Å². The van der Waals surface area contributed by atoms with Crippen molar-refractivity contribution in [3.63, 3.8) is 0 Å². The largest absolute Gasteiger partial charge is 0.508 e. The molecule has 2 saturated heterocycles. The number of phenols is 1. The molecular weight excluding hydrogens is 654 g/mol. The maximum atomic E-state index is 15.3. The first-order valence-corrected chi connectivity index (χ1v) is 17.0. The average Bonchev–Trinajstić information content (AvgIpc) is 3.51. The molecule has 0 radical (unpaired) electrons. The third kappa shape index (κ3) is 4.53. The minimum Gasteiger partial charge on any atom is -0.508 e. The summed E-state index contributed by atoms with van der Waals surface area (Å²) in [5, 5.41) is 13.2. The van der Waals surface area contributed by atoms with Gasteiger partial charge in [0.15, 0.2) is 0 Å². The van der Waals surface area contributed by atoms with Crippen molar-refractivity contribution in [1.82, 2.24) is 5.01 Å². The summed E-state index contributed by atoms with van der Waals surface area (Å²) in [6, 6.07) is 28.0. The van der Waals surface area contributed by atoms with Gasteiger partial charge in [-0.2, -0.15) is 5.01 Å². The molecule has 2 aliphatic carbocycles. The number of ether oxygens (including phenoxy) is 1. The normalized spacial score (nSPS) is 27.1. The highest BCUT2D eigenvalue weighted by Crippen LogP contribution is 2.66. The van der Waals surface area contributed by atoms with Gasteiger partial charge in [-0.1, -0.05) is 77.3 Å². The van der Waals surface area contributed by atoms with Crippen LogP contribution in [0.2, 0.25) is 5.02 Å². The molecule has 3 fully saturated rings. The lowest BCUT2D eigenvalue weighted by Crippen LogP contribution is -2.53. The third-order valence-electron chi connectivity index (χ3n) is 11.0. The fourth-order valence-electron chi connectivity index (χ4n) is 8.91. The van der Waals surface area contributed by atoms with E-state index < -0.39 is 46.8 Å². The molecule has 4 aromatic carbocycles. The van der Waals surface area contributed by atoms with Gasteiger partial charge in [0.1, 0.15) is 11.5 Å². The number of benzene rings is 4. The lowest BCUT2D eigenvalue weighted by atomic mass is 9.49. The van der Waals surface area contributed by atoms with Crippen LogP contribution in [-0.2, 0) is 24.6 Å². The number of hydrogen-bond acceptors (Lipinski definition) is 7. The van der Waals surface area contributed by atoms with Gasteiger partial charge in [-0.3, -0.25) is 29.5 Å². The van der Waals surface area contributed by atoms with Gasteiger partial charge in [-0.25, -0.2) is 0 Å². The highest BCUT2D eigenvalue weighted by molar-refractivity contribution is 6.31. The monoisotopic (exact) mass is 687 g/mol. The number of allylic oxidation sites excluding steroid dienone is 2. The van der Waals surface area contributed by atoms with Gasteiger partial charge in [0.25, 0.3) is 11.8 Å².